The molecule has 1 atom stereocenters. The van der Waals surface area contributed by atoms with Crippen LogP contribution in [0.3, 0.4) is 0 Å². The van der Waals surface area contributed by atoms with Gasteiger partial charge in [-0.3, -0.25) is 9.59 Å². The molecule has 0 aliphatic carbocycles. The highest BCUT2D eigenvalue weighted by Gasteiger charge is 2.31. The lowest BCUT2D eigenvalue weighted by atomic mass is 9.87. The quantitative estimate of drug-likeness (QED) is 0.806. The van der Waals surface area contributed by atoms with Gasteiger partial charge >= 0.3 is 0 Å². The first-order valence-corrected chi connectivity index (χ1v) is 9.64. The topological polar surface area (TPSA) is 82.0 Å². The number of carbonyl (C=O) groups is 2. The fourth-order valence-corrected chi connectivity index (χ4v) is 3.81. The molecule has 2 N–H and O–H groups in total. The molecule has 7 heteroatoms. The van der Waals surface area contributed by atoms with Crippen LogP contribution < -0.4 is 10.6 Å². The molecule has 2 aromatic carbocycles. The Balaban J connectivity index is 1.76. The average Bonchev–Trinajstić information content (AvgIpc) is 2.68. The molecule has 0 aromatic heterocycles. The second-order valence-electron chi connectivity index (χ2n) is 6.38. The summed E-state index contributed by atoms with van der Waals surface area (Å²) >= 11 is 1.06. The zero-order chi connectivity index (χ0) is 20.1. The molecule has 1 heterocycles. The number of rotatable bonds is 5. The number of anilines is 1. The van der Waals surface area contributed by atoms with Crippen LogP contribution in [0.4, 0.5) is 10.1 Å². The van der Waals surface area contributed by atoms with Crippen LogP contribution in [0.25, 0.3) is 0 Å². The summed E-state index contributed by atoms with van der Waals surface area (Å²) in [6.07, 6.45) is -0.0105. The first-order valence-electron chi connectivity index (χ1n) is 8.66. The number of amides is 2. The monoisotopic (exact) mass is 395 g/mol. The van der Waals surface area contributed by atoms with Crippen molar-refractivity contribution >= 4 is 29.3 Å². The van der Waals surface area contributed by atoms with Gasteiger partial charge in [-0.05, 0) is 30.7 Å². The van der Waals surface area contributed by atoms with Crippen LogP contribution in [-0.4, -0.2) is 17.6 Å². The van der Waals surface area contributed by atoms with Crippen LogP contribution in [-0.2, 0) is 9.59 Å². The fourth-order valence-electron chi connectivity index (χ4n) is 2.93. The van der Waals surface area contributed by atoms with Gasteiger partial charge in [0, 0.05) is 18.0 Å². The van der Waals surface area contributed by atoms with E-state index in [0.29, 0.717) is 16.3 Å². The van der Waals surface area contributed by atoms with Gasteiger partial charge < -0.3 is 10.6 Å². The number of allylic oxidation sites excluding steroid dienone is 1. The van der Waals surface area contributed by atoms with Gasteiger partial charge in [-0.15, -0.1) is 0 Å². The molecule has 0 fully saturated rings. The molecule has 0 bridgehead atoms. The number of carbonyl (C=O) groups excluding carboxylic acids is 2. The van der Waals surface area contributed by atoms with Crippen molar-refractivity contribution in [2.75, 3.05) is 11.1 Å². The SMILES string of the molecule is Cc1ccc(NC(=O)CSC2=C(C#N)C(c3ccccc3F)CC(=O)N2)cc1. The van der Waals surface area contributed by atoms with E-state index in [4.69, 9.17) is 0 Å². The zero-order valence-corrected chi connectivity index (χ0v) is 16.0. The van der Waals surface area contributed by atoms with E-state index in [1.54, 1.807) is 30.3 Å². The number of hydrogen-bond acceptors (Lipinski definition) is 4. The van der Waals surface area contributed by atoms with Crippen molar-refractivity contribution in [1.82, 2.24) is 5.32 Å². The molecule has 3 rings (SSSR count). The van der Waals surface area contributed by atoms with E-state index in [9.17, 15) is 19.2 Å². The number of thioether (sulfide) groups is 1. The van der Waals surface area contributed by atoms with E-state index in [2.05, 4.69) is 16.7 Å². The number of benzene rings is 2. The highest BCUT2D eigenvalue weighted by molar-refractivity contribution is 8.03. The lowest BCUT2D eigenvalue weighted by Crippen LogP contribution is -2.31. The Bertz CT molecular complexity index is 980. The minimum absolute atomic E-state index is 0.0105. The Labute approximate surface area is 166 Å². The third kappa shape index (κ3) is 4.59. The lowest BCUT2D eigenvalue weighted by molar-refractivity contribution is -0.121. The van der Waals surface area contributed by atoms with Gasteiger partial charge in [0.05, 0.1) is 22.4 Å². The van der Waals surface area contributed by atoms with Crippen molar-refractivity contribution in [3.63, 3.8) is 0 Å². The normalized spacial score (nSPS) is 16.3. The van der Waals surface area contributed by atoms with E-state index in [-0.39, 0.29) is 29.6 Å². The summed E-state index contributed by atoms with van der Waals surface area (Å²) in [7, 11) is 0. The summed E-state index contributed by atoms with van der Waals surface area (Å²) in [6.45, 7) is 1.95. The minimum Gasteiger partial charge on any atom is -0.325 e. The standard InChI is InChI=1S/C21H18FN3O2S/c1-13-6-8-14(9-7-13)24-20(27)12-28-21-17(11-23)16(10-19(26)25-21)15-4-2-3-5-18(15)22/h2-9,16H,10,12H2,1H3,(H,24,27)(H,25,26). The molecule has 5 nitrogen and oxygen atoms in total. The summed E-state index contributed by atoms with van der Waals surface area (Å²) in [6, 6.07) is 15.6. The van der Waals surface area contributed by atoms with Gasteiger partial charge in [-0.25, -0.2) is 4.39 Å². The molecule has 0 saturated carbocycles. The number of aryl methyl sites for hydroxylation is 1. The molecular formula is C21H18FN3O2S. The molecular weight excluding hydrogens is 377 g/mol. The first kappa shape index (κ1) is 19.6. The third-order valence-corrected chi connectivity index (χ3v) is 5.34. The van der Waals surface area contributed by atoms with Crippen LogP contribution in [0, 0.1) is 24.1 Å². The van der Waals surface area contributed by atoms with Crippen molar-refractivity contribution in [3.05, 3.63) is 76.1 Å². The van der Waals surface area contributed by atoms with Crippen molar-refractivity contribution in [3.8, 4) is 6.07 Å². The average molecular weight is 395 g/mol. The number of nitrogens with one attached hydrogen (secondary N) is 2. The lowest BCUT2D eigenvalue weighted by Gasteiger charge is -2.25. The number of nitrogens with zero attached hydrogens (tertiary/aromatic N) is 1. The molecule has 28 heavy (non-hydrogen) atoms. The van der Waals surface area contributed by atoms with Crippen LogP contribution >= 0.6 is 11.8 Å². The number of halogens is 1. The Morgan fingerprint density at radius 3 is 2.68 bits per heavy atom. The second-order valence-corrected chi connectivity index (χ2v) is 7.37. The van der Waals surface area contributed by atoms with Gasteiger partial charge in [0.1, 0.15) is 5.82 Å². The molecule has 0 radical (unpaired) electrons. The first-order chi connectivity index (χ1) is 13.5. The van der Waals surface area contributed by atoms with Gasteiger partial charge in [0.15, 0.2) is 0 Å². The Kier molecular flexibility index (Phi) is 6.12. The van der Waals surface area contributed by atoms with E-state index < -0.39 is 11.7 Å². The molecule has 1 aliphatic rings. The van der Waals surface area contributed by atoms with Crippen molar-refractivity contribution in [1.29, 1.82) is 5.26 Å². The summed E-state index contributed by atoms with van der Waals surface area (Å²) in [5.41, 5.74) is 2.32. The van der Waals surface area contributed by atoms with Gasteiger partial charge in [-0.1, -0.05) is 47.7 Å². The van der Waals surface area contributed by atoms with Gasteiger partial charge in [-0.2, -0.15) is 5.26 Å². The third-order valence-electron chi connectivity index (χ3n) is 4.32. The van der Waals surface area contributed by atoms with Gasteiger partial charge in [0.2, 0.25) is 11.8 Å². The molecule has 1 unspecified atom stereocenters. The van der Waals surface area contributed by atoms with Gasteiger partial charge in [0.25, 0.3) is 0 Å². The van der Waals surface area contributed by atoms with Crippen LogP contribution in [0.2, 0.25) is 0 Å². The summed E-state index contributed by atoms with van der Waals surface area (Å²) in [5.74, 6) is -1.69. The van der Waals surface area contributed by atoms with Crippen molar-refractivity contribution in [2.24, 2.45) is 0 Å². The van der Waals surface area contributed by atoms with Crippen LogP contribution in [0.5, 0.6) is 0 Å². The number of hydrogen-bond donors (Lipinski definition) is 2. The highest BCUT2D eigenvalue weighted by atomic mass is 32.2. The summed E-state index contributed by atoms with van der Waals surface area (Å²) < 4.78 is 14.2. The van der Waals surface area contributed by atoms with E-state index in [1.165, 1.54) is 6.07 Å². The fraction of sp³-hybridized carbons (Fsp3) is 0.190. The molecule has 2 aromatic rings. The van der Waals surface area contributed by atoms with Crippen molar-refractivity contribution in [2.45, 2.75) is 19.3 Å². The zero-order valence-electron chi connectivity index (χ0n) is 15.2. The van der Waals surface area contributed by atoms with E-state index >= 15 is 0 Å². The largest absolute Gasteiger partial charge is 0.325 e. The van der Waals surface area contributed by atoms with Crippen molar-refractivity contribution < 1.29 is 14.0 Å². The van der Waals surface area contributed by atoms with Crippen LogP contribution in [0.15, 0.2) is 59.1 Å². The predicted molar refractivity (Wildman–Crippen MR) is 107 cm³/mol. The predicted octanol–water partition coefficient (Wildman–Crippen LogP) is 3.84. The molecule has 0 spiro atoms. The van der Waals surface area contributed by atoms with Crippen LogP contribution in [0.1, 0.15) is 23.5 Å². The highest BCUT2D eigenvalue weighted by Crippen LogP contribution is 2.36. The maximum Gasteiger partial charge on any atom is 0.234 e. The maximum atomic E-state index is 14.2. The molecule has 142 valence electrons. The minimum atomic E-state index is -0.664. The summed E-state index contributed by atoms with van der Waals surface area (Å²) in [4.78, 5) is 24.3. The smallest absolute Gasteiger partial charge is 0.234 e. The Morgan fingerprint density at radius 2 is 2.00 bits per heavy atom. The second kappa shape index (κ2) is 8.72. The number of nitriles is 1. The Morgan fingerprint density at radius 1 is 1.29 bits per heavy atom. The maximum absolute atomic E-state index is 14.2. The molecule has 1 aliphatic heterocycles. The van der Waals surface area contributed by atoms with E-state index in [0.717, 1.165) is 17.3 Å². The van der Waals surface area contributed by atoms with E-state index in [1.807, 2.05) is 19.1 Å². The molecule has 0 saturated heterocycles. The Hall–Kier alpha value is -3.11. The summed E-state index contributed by atoms with van der Waals surface area (Å²) in [5, 5.41) is 15.3. The molecule has 2 amide bonds.